The lowest BCUT2D eigenvalue weighted by Crippen LogP contribution is -2.02. The van der Waals surface area contributed by atoms with E-state index in [4.69, 9.17) is 0 Å². The van der Waals surface area contributed by atoms with Gasteiger partial charge in [-0.1, -0.05) is 50.7 Å². The number of hydrogen-bond acceptors (Lipinski definition) is 0. The van der Waals surface area contributed by atoms with Crippen molar-refractivity contribution in [3.05, 3.63) is 11.1 Å². The minimum absolute atomic E-state index is 1.36. The second kappa shape index (κ2) is 7.96. The van der Waals surface area contributed by atoms with Crippen molar-refractivity contribution in [2.75, 3.05) is 0 Å². The third-order valence-corrected chi connectivity index (χ3v) is 3.62. The quantitative estimate of drug-likeness (QED) is 0.358. The van der Waals surface area contributed by atoms with E-state index in [1.165, 1.54) is 70.6 Å². The molecule has 0 aromatic heterocycles. The fourth-order valence-corrected chi connectivity index (χ4v) is 2.36. The highest BCUT2D eigenvalue weighted by atomic mass is 14.2. The molecule has 0 nitrogen and oxygen atoms in total. The number of unbranched alkanes of at least 4 members (excludes halogenated alkanes) is 4. The molecule has 1 saturated carbocycles. The van der Waals surface area contributed by atoms with Crippen LogP contribution in [0, 0.1) is 0 Å². The first-order valence-corrected chi connectivity index (χ1v) is 7.08. The molecular weight excluding hydrogens is 180 g/mol. The van der Waals surface area contributed by atoms with E-state index in [2.05, 4.69) is 13.8 Å². The highest BCUT2D eigenvalue weighted by Crippen LogP contribution is 2.33. The maximum Gasteiger partial charge on any atom is -0.0315 e. The summed E-state index contributed by atoms with van der Waals surface area (Å²) in [6.07, 6.45) is 15.6. The van der Waals surface area contributed by atoms with Gasteiger partial charge >= 0.3 is 0 Å². The normalized spacial score (nSPS) is 15.2. The third-order valence-electron chi connectivity index (χ3n) is 3.62. The lowest BCUT2D eigenvalue weighted by Gasteiger charge is -2.22. The average Bonchev–Trinajstić information content (AvgIpc) is 2.15. The maximum atomic E-state index is 2.30. The van der Waals surface area contributed by atoms with Gasteiger partial charge in [0.2, 0.25) is 0 Å². The smallest absolute Gasteiger partial charge is 0.0315 e. The summed E-state index contributed by atoms with van der Waals surface area (Å²) < 4.78 is 0. The Kier molecular flexibility index (Phi) is 6.80. The molecule has 1 rings (SSSR count). The Morgan fingerprint density at radius 3 is 1.73 bits per heavy atom. The molecule has 0 aliphatic heterocycles. The van der Waals surface area contributed by atoms with E-state index in [1.807, 2.05) is 11.1 Å². The number of rotatable bonds is 8. The van der Waals surface area contributed by atoms with Crippen molar-refractivity contribution in [3.63, 3.8) is 0 Å². The predicted octanol–water partition coefficient (Wildman–Crippen LogP) is 5.63. The number of hydrogen-bond donors (Lipinski definition) is 0. The summed E-state index contributed by atoms with van der Waals surface area (Å²) in [5, 5.41) is 0. The summed E-state index contributed by atoms with van der Waals surface area (Å²) in [5.41, 5.74) is 3.69. The lowest BCUT2D eigenvalue weighted by molar-refractivity contribution is 0.597. The van der Waals surface area contributed by atoms with Gasteiger partial charge in [-0.2, -0.15) is 0 Å². The highest BCUT2D eigenvalue weighted by molar-refractivity contribution is 5.19. The molecule has 0 N–H and O–H groups in total. The van der Waals surface area contributed by atoms with E-state index < -0.39 is 0 Å². The molecule has 15 heavy (non-hydrogen) atoms. The van der Waals surface area contributed by atoms with Gasteiger partial charge in [0, 0.05) is 0 Å². The molecule has 88 valence electrons. The van der Waals surface area contributed by atoms with Crippen LogP contribution >= 0.6 is 0 Å². The molecule has 0 spiro atoms. The summed E-state index contributed by atoms with van der Waals surface area (Å²) in [6, 6.07) is 0. The van der Waals surface area contributed by atoms with Crippen LogP contribution < -0.4 is 0 Å². The van der Waals surface area contributed by atoms with Crippen LogP contribution in [0.4, 0.5) is 0 Å². The van der Waals surface area contributed by atoms with Gasteiger partial charge in [0.15, 0.2) is 0 Å². The largest absolute Gasteiger partial charge is 0.0710 e. The molecule has 0 radical (unpaired) electrons. The lowest BCUT2D eigenvalue weighted by atomic mass is 9.84. The van der Waals surface area contributed by atoms with Crippen LogP contribution in [0.1, 0.15) is 84.5 Å². The Morgan fingerprint density at radius 1 is 0.867 bits per heavy atom. The minimum Gasteiger partial charge on any atom is -0.0710 e. The Morgan fingerprint density at radius 2 is 1.40 bits per heavy atom. The van der Waals surface area contributed by atoms with E-state index in [-0.39, 0.29) is 0 Å². The van der Waals surface area contributed by atoms with Crippen LogP contribution in [0.25, 0.3) is 0 Å². The van der Waals surface area contributed by atoms with Crippen LogP contribution in [0.3, 0.4) is 0 Å². The molecule has 0 heteroatoms. The molecular formula is C15H28. The second-order valence-electron chi connectivity index (χ2n) is 4.97. The van der Waals surface area contributed by atoms with Crippen molar-refractivity contribution in [2.45, 2.75) is 84.5 Å². The molecule has 1 aliphatic carbocycles. The Hall–Kier alpha value is -0.260. The topological polar surface area (TPSA) is 0 Å². The van der Waals surface area contributed by atoms with Crippen molar-refractivity contribution in [2.24, 2.45) is 0 Å². The fourth-order valence-electron chi connectivity index (χ4n) is 2.36. The van der Waals surface area contributed by atoms with Crippen LogP contribution in [0.2, 0.25) is 0 Å². The van der Waals surface area contributed by atoms with E-state index in [0.29, 0.717) is 0 Å². The first kappa shape index (κ1) is 12.8. The van der Waals surface area contributed by atoms with Gasteiger partial charge in [-0.3, -0.25) is 0 Å². The Bertz CT molecular complexity index is 170. The zero-order valence-electron chi connectivity index (χ0n) is 10.8. The predicted molar refractivity (Wildman–Crippen MR) is 69.2 cm³/mol. The minimum atomic E-state index is 1.36. The molecule has 0 unspecified atom stereocenters. The summed E-state index contributed by atoms with van der Waals surface area (Å²) in [4.78, 5) is 0. The monoisotopic (exact) mass is 208 g/mol. The van der Waals surface area contributed by atoms with E-state index in [9.17, 15) is 0 Å². The van der Waals surface area contributed by atoms with Crippen LogP contribution in [0.15, 0.2) is 11.1 Å². The van der Waals surface area contributed by atoms with Crippen molar-refractivity contribution < 1.29 is 0 Å². The average molecular weight is 208 g/mol. The van der Waals surface area contributed by atoms with E-state index >= 15 is 0 Å². The van der Waals surface area contributed by atoms with Crippen LogP contribution in [-0.2, 0) is 0 Å². The summed E-state index contributed by atoms with van der Waals surface area (Å²) >= 11 is 0. The summed E-state index contributed by atoms with van der Waals surface area (Å²) in [5.74, 6) is 0. The molecule has 0 heterocycles. The SMILES string of the molecule is CCCCCC(CCCCC)=C1CCC1. The van der Waals surface area contributed by atoms with Gasteiger partial charge in [0.1, 0.15) is 0 Å². The van der Waals surface area contributed by atoms with E-state index in [0.717, 1.165) is 0 Å². The van der Waals surface area contributed by atoms with Crippen molar-refractivity contribution >= 4 is 0 Å². The standard InChI is InChI=1S/C15H28/c1-3-5-7-10-14(11-8-6-4-2)15-12-9-13-15/h3-13H2,1-2H3. The zero-order chi connectivity index (χ0) is 10.9. The molecule has 1 fully saturated rings. The molecule has 0 aromatic carbocycles. The van der Waals surface area contributed by atoms with Gasteiger partial charge in [0.25, 0.3) is 0 Å². The molecule has 0 saturated heterocycles. The molecule has 0 aromatic rings. The molecule has 0 atom stereocenters. The first-order valence-electron chi connectivity index (χ1n) is 7.08. The summed E-state index contributed by atoms with van der Waals surface area (Å²) in [7, 11) is 0. The second-order valence-corrected chi connectivity index (χ2v) is 4.97. The van der Waals surface area contributed by atoms with Gasteiger partial charge in [-0.15, -0.1) is 0 Å². The van der Waals surface area contributed by atoms with Crippen molar-refractivity contribution in [1.29, 1.82) is 0 Å². The molecule has 0 bridgehead atoms. The fraction of sp³-hybridized carbons (Fsp3) is 0.867. The van der Waals surface area contributed by atoms with Gasteiger partial charge in [-0.05, 0) is 44.9 Å². The molecule has 1 aliphatic rings. The van der Waals surface area contributed by atoms with Crippen LogP contribution in [0.5, 0.6) is 0 Å². The summed E-state index contributed by atoms with van der Waals surface area (Å²) in [6.45, 7) is 4.60. The number of allylic oxidation sites excluding steroid dienone is 2. The third kappa shape index (κ3) is 4.86. The maximum absolute atomic E-state index is 2.30. The highest BCUT2D eigenvalue weighted by Gasteiger charge is 2.13. The van der Waals surface area contributed by atoms with E-state index in [1.54, 1.807) is 0 Å². The Labute approximate surface area is 96.2 Å². The first-order chi connectivity index (χ1) is 7.38. The van der Waals surface area contributed by atoms with Gasteiger partial charge in [0.05, 0.1) is 0 Å². The zero-order valence-corrected chi connectivity index (χ0v) is 10.8. The van der Waals surface area contributed by atoms with Crippen molar-refractivity contribution in [3.8, 4) is 0 Å². The van der Waals surface area contributed by atoms with Gasteiger partial charge < -0.3 is 0 Å². The Balaban J connectivity index is 2.26. The van der Waals surface area contributed by atoms with Gasteiger partial charge in [-0.25, -0.2) is 0 Å². The van der Waals surface area contributed by atoms with Crippen LogP contribution in [-0.4, -0.2) is 0 Å². The van der Waals surface area contributed by atoms with Crippen molar-refractivity contribution in [1.82, 2.24) is 0 Å². The molecule has 0 amide bonds.